The van der Waals surface area contributed by atoms with Gasteiger partial charge in [0.15, 0.2) is 0 Å². The predicted molar refractivity (Wildman–Crippen MR) is 74.1 cm³/mol. The van der Waals surface area contributed by atoms with Crippen molar-refractivity contribution in [3.05, 3.63) is 52.0 Å². The Labute approximate surface area is 112 Å². The van der Waals surface area contributed by atoms with Crippen molar-refractivity contribution in [2.24, 2.45) is 0 Å². The number of anilines is 1. The molecule has 0 radical (unpaired) electrons. The van der Waals surface area contributed by atoms with Gasteiger partial charge < -0.3 is 5.73 Å². The van der Waals surface area contributed by atoms with E-state index in [-0.39, 0.29) is 0 Å². The van der Waals surface area contributed by atoms with Crippen molar-refractivity contribution >= 4 is 45.0 Å². The summed E-state index contributed by atoms with van der Waals surface area (Å²) in [7, 11) is 0. The van der Waals surface area contributed by atoms with Crippen LogP contribution in [0.1, 0.15) is 0 Å². The SMILES string of the molecule is Nc1cc(Br)ccc1Sc1ccccc1Cl. The van der Waals surface area contributed by atoms with Crippen LogP contribution in [0.2, 0.25) is 5.02 Å². The largest absolute Gasteiger partial charge is 0.398 e. The van der Waals surface area contributed by atoms with Gasteiger partial charge in [0.1, 0.15) is 0 Å². The minimum Gasteiger partial charge on any atom is -0.398 e. The molecule has 0 bridgehead atoms. The molecule has 0 aliphatic rings. The standard InChI is InChI=1S/C12H9BrClNS/c13-8-5-6-12(10(15)7-8)16-11-4-2-1-3-9(11)14/h1-7H,15H2. The Bertz CT molecular complexity index is 516. The summed E-state index contributed by atoms with van der Waals surface area (Å²) in [5.74, 6) is 0. The molecule has 0 amide bonds. The third kappa shape index (κ3) is 2.73. The molecule has 2 aromatic rings. The quantitative estimate of drug-likeness (QED) is 0.803. The lowest BCUT2D eigenvalue weighted by molar-refractivity contribution is 1.40. The normalized spacial score (nSPS) is 10.4. The van der Waals surface area contributed by atoms with Crippen molar-refractivity contribution < 1.29 is 0 Å². The molecule has 0 heterocycles. The third-order valence-electron chi connectivity index (χ3n) is 2.03. The summed E-state index contributed by atoms with van der Waals surface area (Å²) in [5, 5.41) is 0.745. The molecule has 2 rings (SSSR count). The second kappa shape index (κ2) is 5.13. The van der Waals surface area contributed by atoms with Gasteiger partial charge in [-0.3, -0.25) is 0 Å². The smallest absolute Gasteiger partial charge is 0.0545 e. The zero-order valence-electron chi connectivity index (χ0n) is 8.28. The molecular weight excluding hydrogens is 306 g/mol. The fourth-order valence-corrected chi connectivity index (χ4v) is 2.75. The lowest BCUT2D eigenvalue weighted by atomic mass is 10.3. The van der Waals surface area contributed by atoms with Crippen molar-refractivity contribution in [3.8, 4) is 0 Å². The second-order valence-corrected chi connectivity index (χ2v) is 5.62. The highest BCUT2D eigenvalue weighted by atomic mass is 79.9. The van der Waals surface area contributed by atoms with Crippen LogP contribution in [-0.4, -0.2) is 0 Å². The van der Waals surface area contributed by atoms with Gasteiger partial charge in [-0.2, -0.15) is 0 Å². The van der Waals surface area contributed by atoms with Gasteiger partial charge in [-0.25, -0.2) is 0 Å². The van der Waals surface area contributed by atoms with Crippen molar-refractivity contribution in [1.29, 1.82) is 0 Å². The van der Waals surface area contributed by atoms with Crippen molar-refractivity contribution in [1.82, 2.24) is 0 Å². The summed E-state index contributed by atoms with van der Waals surface area (Å²) < 4.78 is 0.980. The third-order valence-corrected chi connectivity index (χ3v) is 4.13. The highest BCUT2D eigenvalue weighted by Gasteiger charge is 2.05. The number of rotatable bonds is 2. The van der Waals surface area contributed by atoms with Crippen molar-refractivity contribution in [3.63, 3.8) is 0 Å². The number of benzene rings is 2. The summed E-state index contributed by atoms with van der Waals surface area (Å²) in [6.45, 7) is 0. The summed E-state index contributed by atoms with van der Waals surface area (Å²) in [5.41, 5.74) is 6.67. The molecule has 2 N–H and O–H groups in total. The molecule has 0 aromatic heterocycles. The van der Waals surface area contributed by atoms with Gasteiger partial charge in [0.05, 0.1) is 5.02 Å². The predicted octanol–water partition coefficient (Wildman–Crippen LogP) is 4.84. The van der Waals surface area contributed by atoms with E-state index in [1.165, 1.54) is 0 Å². The van der Waals surface area contributed by atoms with E-state index in [1.807, 2.05) is 42.5 Å². The van der Waals surface area contributed by atoms with E-state index in [0.29, 0.717) is 0 Å². The number of hydrogen-bond donors (Lipinski definition) is 1. The van der Waals surface area contributed by atoms with Gasteiger partial charge in [-0.05, 0) is 30.3 Å². The first-order chi connectivity index (χ1) is 7.66. The molecule has 82 valence electrons. The molecule has 0 atom stereocenters. The van der Waals surface area contributed by atoms with Crippen molar-refractivity contribution in [2.45, 2.75) is 9.79 Å². The summed E-state index contributed by atoms with van der Waals surface area (Å²) in [6, 6.07) is 13.6. The minimum absolute atomic E-state index is 0.745. The topological polar surface area (TPSA) is 26.0 Å². The van der Waals surface area contributed by atoms with E-state index >= 15 is 0 Å². The lowest BCUT2D eigenvalue weighted by Gasteiger charge is -2.07. The molecule has 2 aromatic carbocycles. The molecule has 0 aliphatic carbocycles. The zero-order valence-corrected chi connectivity index (χ0v) is 11.4. The number of hydrogen-bond acceptors (Lipinski definition) is 2. The van der Waals surface area contributed by atoms with E-state index in [2.05, 4.69) is 15.9 Å². The average molecular weight is 315 g/mol. The second-order valence-electron chi connectivity index (χ2n) is 3.21. The first kappa shape index (κ1) is 11.8. The van der Waals surface area contributed by atoms with Gasteiger partial charge in [-0.15, -0.1) is 0 Å². The van der Waals surface area contributed by atoms with Crippen LogP contribution < -0.4 is 5.73 Å². The summed E-state index contributed by atoms with van der Waals surface area (Å²) in [6.07, 6.45) is 0. The van der Waals surface area contributed by atoms with Gasteiger partial charge in [0, 0.05) is 20.0 Å². The maximum Gasteiger partial charge on any atom is 0.0545 e. The van der Waals surface area contributed by atoms with E-state index in [4.69, 9.17) is 17.3 Å². The van der Waals surface area contributed by atoms with Crippen LogP contribution in [-0.2, 0) is 0 Å². The highest BCUT2D eigenvalue weighted by molar-refractivity contribution is 9.10. The van der Waals surface area contributed by atoms with E-state index in [9.17, 15) is 0 Å². The lowest BCUT2D eigenvalue weighted by Crippen LogP contribution is -1.88. The van der Waals surface area contributed by atoms with Crippen LogP contribution >= 0.6 is 39.3 Å². The van der Waals surface area contributed by atoms with Crippen LogP contribution in [0.3, 0.4) is 0 Å². The number of nitrogen functional groups attached to an aromatic ring is 1. The fourth-order valence-electron chi connectivity index (χ4n) is 1.26. The minimum atomic E-state index is 0.745. The molecule has 0 aliphatic heterocycles. The highest BCUT2D eigenvalue weighted by Crippen LogP contribution is 2.36. The molecule has 16 heavy (non-hydrogen) atoms. The summed E-state index contributed by atoms with van der Waals surface area (Å²) in [4.78, 5) is 2.02. The molecule has 0 spiro atoms. The molecule has 0 fully saturated rings. The van der Waals surface area contributed by atoms with Crippen LogP contribution in [0.4, 0.5) is 5.69 Å². The Morgan fingerprint density at radius 2 is 1.81 bits per heavy atom. The van der Waals surface area contributed by atoms with E-state index in [0.717, 1.165) is 25.0 Å². The van der Waals surface area contributed by atoms with Gasteiger partial charge in [0.2, 0.25) is 0 Å². The molecule has 0 saturated carbocycles. The molecule has 1 nitrogen and oxygen atoms in total. The first-order valence-corrected chi connectivity index (χ1v) is 6.63. The molecule has 0 saturated heterocycles. The van der Waals surface area contributed by atoms with Crippen LogP contribution in [0.25, 0.3) is 0 Å². The Morgan fingerprint density at radius 1 is 1.06 bits per heavy atom. The van der Waals surface area contributed by atoms with E-state index < -0.39 is 0 Å². The van der Waals surface area contributed by atoms with E-state index in [1.54, 1.807) is 11.8 Å². The molecule has 4 heteroatoms. The monoisotopic (exact) mass is 313 g/mol. The Hall–Kier alpha value is -0.640. The maximum atomic E-state index is 6.09. The summed E-state index contributed by atoms with van der Waals surface area (Å²) >= 11 is 11.0. The first-order valence-electron chi connectivity index (χ1n) is 4.64. The van der Waals surface area contributed by atoms with Crippen LogP contribution in [0, 0.1) is 0 Å². The van der Waals surface area contributed by atoms with Gasteiger partial charge >= 0.3 is 0 Å². The molecule has 0 unspecified atom stereocenters. The zero-order chi connectivity index (χ0) is 11.5. The maximum absolute atomic E-state index is 6.09. The Morgan fingerprint density at radius 3 is 2.50 bits per heavy atom. The van der Waals surface area contributed by atoms with Crippen LogP contribution in [0.5, 0.6) is 0 Å². The number of halogens is 2. The average Bonchev–Trinajstić information content (AvgIpc) is 2.25. The Balaban J connectivity index is 2.31. The number of nitrogens with two attached hydrogens (primary N) is 1. The molecular formula is C12H9BrClNS. The van der Waals surface area contributed by atoms with Gasteiger partial charge in [0.25, 0.3) is 0 Å². The van der Waals surface area contributed by atoms with Gasteiger partial charge in [-0.1, -0.05) is 51.4 Å². The Kier molecular flexibility index (Phi) is 3.79. The van der Waals surface area contributed by atoms with Crippen LogP contribution in [0.15, 0.2) is 56.7 Å². The fraction of sp³-hybridized carbons (Fsp3) is 0. The van der Waals surface area contributed by atoms with Crippen molar-refractivity contribution in [2.75, 3.05) is 5.73 Å².